The van der Waals surface area contributed by atoms with Crippen molar-refractivity contribution in [3.05, 3.63) is 48.3 Å². The first-order chi connectivity index (χ1) is 16.0. The van der Waals surface area contributed by atoms with Gasteiger partial charge in [0.25, 0.3) is 0 Å². The van der Waals surface area contributed by atoms with E-state index in [-0.39, 0.29) is 5.75 Å². The summed E-state index contributed by atoms with van der Waals surface area (Å²) in [5.41, 5.74) is 2.31. The number of benzene rings is 1. The second-order valence-corrected chi connectivity index (χ2v) is 9.67. The van der Waals surface area contributed by atoms with E-state index in [0.29, 0.717) is 56.1 Å². The highest BCUT2D eigenvalue weighted by Gasteiger charge is 2.45. The van der Waals surface area contributed by atoms with E-state index in [2.05, 4.69) is 15.0 Å². The van der Waals surface area contributed by atoms with E-state index in [1.54, 1.807) is 18.3 Å². The Morgan fingerprint density at radius 1 is 1.12 bits per heavy atom. The molecule has 1 spiro atoms. The zero-order valence-corrected chi connectivity index (χ0v) is 19.3. The van der Waals surface area contributed by atoms with Crippen molar-refractivity contribution < 1.29 is 28.2 Å². The summed E-state index contributed by atoms with van der Waals surface area (Å²) in [7, 11) is 0. The number of para-hydroxylation sites is 2. The number of nitrogens with one attached hydrogen (secondary N) is 1. The summed E-state index contributed by atoms with van der Waals surface area (Å²) in [4.78, 5) is 11.8. The average molecular weight is 474 g/mol. The van der Waals surface area contributed by atoms with Crippen LogP contribution in [-0.2, 0) is 35.9 Å². The van der Waals surface area contributed by atoms with Gasteiger partial charge in [0.05, 0.1) is 36.5 Å². The maximum Gasteiger partial charge on any atom is 0.322 e. The van der Waals surface area contributed by atoms with Gasteiger partial charge < -0.3 is 28.2 Å². The molecule has 0 amide bonds. The van der Waals surface area contributed by atoms with Gasteiger partial charge in [0.2, 0.25) is 5.79 Å². The monoisotopic (exact) mass is 473 g/mol. The van der Waals surface area contributed by atoms with Gasteiger partial charge >= 0.3 is 5.16 Å². The largest absolute Gasteiger partial charge is 0.609 e. The number of aromatic amines is 1. The van der Waals surface area contributed by atoms with Crippen LogP contribution in [0.3, 0.4) is 0 Å². The minimum absolute atomic E-state index is 0.239. The van der Waals surface area contributed by atoms with Crippen LogP contribution in [0.2, 0.25) is 0 Å². The lowest BCUT2D eigenvalue weighted by molar-refractivity contribution is -0.394. The second kappa shape index (κ2) is 9.57. The van der Waals surface area contributed by atoms with Crippen LogP contribution in [0.25, 0.3) is 11.0 Å². The van der Waals surface area contributed by atoms with Gasteiger partial charge in [-0.25, -0.2) is 0 Å². The number of imidazole rings is 1. The van der Waals surface area contributed by atoms with E-state index < -0.39 is 22.8 Å². The van der Waals surface area contributed by atoms with Gasteiger partial charge in [-0.15, -0.1) is 0 Å². The lowest BCUT2D eigenvalue weighted by Crippen LogP contribution is -2.57. The van der Waals surface area contributed by atoms with Gasteiger partial charge in [0, 0.05) is 29.9 Å². The van der Waals surface area contributed by atoms with Crippen LogP contribution >= 0.6 is 0 Å². The minimum Gasteiger partial charge on any atom is -0.609 e. The molecule has 0 aliphatic carbocycles. The molecule has 10 heteroatoms. The number of H-pyrrole nitrogens is 1. The first-order valence-electron chi connectivity index (χ1n) is 11.0. The summed E-state index contributed by atoms with van der Waals surface area (Å²) in [6.07, 6.45) is 3.07. The SMILES string of the molecule is CC1(CCOc2ccnc(C[S+]([O-])c3nc4ccccc4[nH]3)c2)OCC2(CO1)OCCCO2. The van der Waals surface area contributed by atoms with Crippen LogP contribution in [0.1, 0.15) is 25.5 Å². The summed E-state index contributed by atoms with van der Waals surface area (Å²) in [6, 6.07) is 11.2. The van der Waals surface area contributed by atoms with Crippen molar-refractivity contribution in [3.63, 3.8) is 0 Å². The fraction of sp³-hybridized carbons (Fsp3) is 0.478. The predicted molar refractivity (Wildman–Crippen MR) is 120 cm³/mol. The molecule has 3 aromatic rings. The molecule has 1 atom stereocenters. The van der Waals surface area contributed by atoms with E-state index in [9.17, 15) is 4.55 Å². The second-order valence-electron chi connectivity index (χ2n) is 8.30. The molecular formula is C23H27N3O6S. The van der Waals surface area contributed by atoms with Crippen molar-refractivity contribution >= 4 is 22.2 Å². The topological polar surface area (TPSA) is 111 Å². The quantitative estimate of drug-likeness (QED) is 0.522. The average Bonchev–Trinajstić information content (AvgIpc) is 3.27. The highest BCUT2D eigenvalue weighted by Crippen LogP contribution is 2.32. The van der Waals surface area contributed by atoms with E-state index in [1.807, 2.05) is 31.2 Å². The molecule has 2 aliphatic heterocycles. The molecule has 5 rings (SSSR count). The molecule has 9 nitrogen and oxygen atoms in total. The number of nitrogens with zero attached hydrogens (tertiary/aromatic N) is 2. The Labute approximate surface area is 194 Å². The molecule has 1 aromatic carbocycles. The summed E-state index contributed by atoms with van der Waals surface area (Å²) in [6.45, 7) is 4.24. The van der Waals surface area contributed by atoms with E-state index in [4.69, 9.17) is 23.7 Å². The number of pyridine rings is 1. The highest BCUT2D eigenvalue weighted by molar-refractivity contribution is 7.90. The van der Waals surface area contributed by atoms with Gasteiger partial charge in [0.1, 0.15) is 19.0 Å². The third-order valence-corrected chi connectivity index (χ3v) is 6.87. The summed E-state index contributed by atoms with van der Waals surface area (Å²) in [5.74, 6) is -0.665. The van der Waals surface area contributed by atoms with Crippen molar-refractivity contribution in [2.24, 2.45) is 0 Å². The van der Waals surface area contributed by atoms with Crippen molar-refractivity contribution in [1.82, 2.24) is 15.0 Å². The zero-order valence-electron chi connectivity index (χ0n) is 18.5. The smallest absolute Gasteiger partial charge is 0.322 e. The zero-order chi connectivity index (χ0) is 22.7. The Balaban J connectivity index is 1.13. The number of aromatic nitrogens is 3. The fourth-order valence-electron chi connectivity index (χ4n) is 3.76. The number of fused-ring (bicyclic) bond motifs is 1. The molecule has 2 aliphatic rings. The van der Waals surface area contributed by atoms with Gasteiger partial charge in [0.15, 0.2) is 11.5 Å². The third-order valence-electron chi connectivity index (χ3n) is 5.69. The molecule has 0 radical (unpaired) electrons. The minimum atomic E-state index is -1.35. The molecule has 0 bridgehead atoms. The van der Waals surface area contributed by atoms with Crippen LogP contribution < -0.4 is 4.74 Å². The Morgan fingerprint density at radius 3 is 2.70 bits per heavy atom. The molecule has 33 heavy (non-hydrogen) atoms. The normalized spacial score (nSPS) is 20.7. The molecule has 4 heterocycles. The van der Waals surface area contributed by atoms with Gasteiger partial charge in [-0.2, -0.15) is 4.98 Å². The number of hydrogen-bond donors (Lipinski definition) is 1. The Bertz CT molecular complexity index is 1040. The summed E-state index contributed by atoms with van der Waals surface area (Å²) in [5, 5.41) is 0.438. The number of ether oxygens (including phenoxy) is 5. The van der Waals surface area contributed by atoms with Gasteiger partial charge in [-0.05, 0) is 31.5 Å². The van der Waals surface area contributed by atoms with Gasteiger partial charge in [-0.3, -0.25) is 9.97 Å². The number of rotatable bonds is 7. The maximum atomic E-state index is 12.8. The first kappa shape index (κ1) is 22.6. The van der Waals surface area contributed by atoms with Crippen LogP contribution in [0, 0.1) is 0 Å². The molecule has 2 saturated heterocycles. The molecule has 2 fully saturated rings. The molecule has 176 valence electrons. The summed E-state index contributed by atoms with van der Waals surface area (Å²) < 4.78 is 42.0. The van der Waals surface area contributed by atoms with Crippen LogP contribution in [0.15, 0.2) is 47.8 Å². The van der Waals surface area contributed by atoms with E-state index in [0.717, 1.165) is 17.5 Å². The Morgan fingerprint density at radius 2 is 1.91 bits per heavy atom. The Hall–Kier alpha value is -2.21. The molecule has 1 N–H and O–H groups in total. The van der Waals surface area contributed by atoms with Crippen LogP contribution in [0.4, 0.5) is 0 Å². The molecule has 1 unspecified atom stereocenters. The van der Waals surface area contributed by atoms with Crippen LogP contribution in [0.5, 0.6) is 5.75 Å². The third kappa shape index (κ3) is 5.32. The highest BCUT2D eigenvalue weighted by atomic mass is 32.2. The standard InChI is InChI=1S/C23H27N3O6S/c1-22(31-15-23(16-32-22)29-10-4-11-30-23)8-12-28-18-7-9-24-17(13-18)14-33(27)21-25-19-5-2-3-6-20(19)26-21/h2-3,5-7,9,13H,4,8,10-12,14-16H2,1H3,(H,25,26). The molecular weight excluding hydrogens is 446 g/mol. The summed E-state index contributed by atoms with van der Waals surface area (Å²) >= 11 is -1.35. The lowest BCUT2D eigenvalue weighted by Gasteiger charge is -2.45. The van der Waals surface area contributed by atoms with Crippen LogP contribution in [-0.4, -0.2) is 64.1 Å². The number of hydrogen-bond acceptors (Lipinski definition) is 8. The maximum absolute atomic E-state index is 12.8. The lowest BCUT2D eigenvalue weighted by atomic mass is 10.1. The molecule has 2 aromatic heterocycles. The van der Waals surface area contributed by atoms with Crippen molar-refractivity contribution in [2.45, 2.75) is 42.2 Å². The predicted octanol–water partition coefficient (Wildman–Crippen LogP) is 2.93. The fourth-order valence-corrected chi connectivity index (χ4v) is 4.74. The van der Waals surface area contributed by atoms with Crippen molar-refractivity contribution in [3.8, 4) is 5.75 Å². The van der Waals surface area contributed by atoms with E-state index >= 15 is 0 Å². The molecule has 0 saturated carbocycles. The van der Waals surface area contributed by atoms with Gasteiger partial charge in [-0.1, -0.05) is 12.1 Å². The van der Waals surface area contributed by atoms with Crippen molar-refractivity contribution in [1.29, 1.82) is 0 Å². The van der Waals surface area contributed by atoms with Crippen molar-refractivity contribution in [2.75, 3.05) is 33.0 Å². The van der Waals surface area contributed by atoms with E-state index in [1.165, 1.54) is 0 Å². The Kier molecular flexibility index (Phi) is 6.55. The first-order valence-corrected chi connectivity index (χ1v) is 12.3.